The minimum atomic E-state index is -0.626. The largest absolute Gasteiger partial charge is 0.493 e. The summed E-state index contributed by atoms with van der Waals surface area (Å²) in [7, 11) is 1.55. The highest BCUT2D eigenvalue weighted by molar-refractivity contribution is 5.89. The van der Waals surface area contributed by atoms with Gasteiger partial charge in [-0.25, -0.2) is 4.79 Å². The van der Waals surface area contributed by atoms with Gasteiger partial charge in [0.25, 0.3) is 5.91 Å². The van der Waals surface area contributed by atoms with Crippen molar-refractivity contribution in [3.8, 4) is 11.5 Å². The maximum atomic E-state index is 12.1. The van der Waals surface area contributed by atoms with Crippen LogP contribution in [0.1, 0.15) is 31.2 Å². The molecule has 2 aromatic carbocycles. The molecule has 3 rings (SSSR count). The Morgan fingerprint density at radius 1 is 1.13 bits per heavy atom. The van der Waals surface area contributed by atoms with Crippen LogP contribution in [0.25, 0.3) is 17.0 Å². The molecule has 0 saturated carbocycles. The summed E-state index contributed by atoms with van der Waals surface area (Å²) in [5.74, 6) is 0.776. The number of rotatable bonds is 9. The summed E-state index contributed by atoms with van der Waals surface area (Å²) in [5.41, 5.74) is 1.49. The number of esters is 1. The van der Waals surface area contributed by atoms with E-state index in [1.165, 1.54) is 6.08 Å². The van der Waals surface area contributed by atoms with Crippen LogP contribution in [-0.4, -0.2) is 32.2 Å². The molecule has 0 saturated heterocycles. The first kappa shape index (κ1) is 22.0. The molecule has 1 N–H and O–H groups in total. The summed E-state index contributed by atoms with van der Waals surface area (Å²) < 4.78 is 21.5. The van der Waals surface area contributed by atoms with Gasteiger partial charge in [0.15, 0.2) is 18.1 Å². The van der Waals surface area contributed by atoms with Gasteiger partial charge in [-0.15, -0.1) is 0 Å². The van der Waals surface area contributed by atoms with E-state index in [0.29, 0.717) is 23.9 Å². The SMILES string of the molecule is CCOc1ccc(/C=C/C(=O)OCC(=O)N[C@@H](C)c2cc3ccccc3o2)cc1OC. The average Bonchev–Trinajstić information content (AvgIpc) is 3.21. The molecule has 1 heterocycles. The van der Waals surface area contributed by atoms with E-state index in [2.05, 4.69) is 5.32 Å². The second-order valence-electron chi connectivity index (χ2n) is 6.76. The van der Waals surface area contributed by atoms with E-state index in [1.807, 2.05) is 37.3 Å². The van der Waals surface area contributed by atoms with Crippen molar-refractivity contribution in [1.29, 1.82) is 0 Å². The van der Waals surface area contributed by atoms with Crippen LogP contribution in [0.4, 0.5) is 0 Å². The Morgan fingerprint density at radius 3 is 2.68 bits per heavy atom. The number of para-hydroxylation sites is 1. The first-order valence-electron chi connectivity index (χ1n) is 9.93. The average molecular weight is 423 g/mol. The van der Waals surface area contributed by atoms with Crippen LogP contribution in [0.2, 0.25) is 0 Å². The molecule has 3 aromatic rings. The van der Waals surface area contributed by atoms with Crippen molar-refractivity contribution in [3.05, 3.63) is 65.9 Å². The van der Waals surface area contributed by atoms with Crippen molar-refractivity contribution in [3.63, 3.8) is 0 Å². The lowest BCUT2D eigenvalue weighted by Crippen LogP contribution is -2.30. The maximum Gasteiger partial charge on any atom is 0.331 e. The molecule has 7 heteroatoms. The molecule has 162 valence electrons. The summed E-state index contributed by atoms with van der Waals surface area (Å²) in [6.07, 6.45) is 2.83. The minimum Gasteiger partial charge on any atom is -0.493 e. The third-order valence-corrected chi connectivity index (χ3v) is 4.49. The molecule has 1 atom stereocenters. The Balaban J connectivity index is 1.50. The lowest BCUT2D eigenvalue weighted by Gasteiger charge is -2.11. The number of furan rings is 1. The predicted octanol–water partition coefficient (Wildman–Crippen LogP) is 4.27. The topological polar surface area (TPSA) is 87.0 Å². The fourth-order valence-corrected chi connectivity index (χ4v) is 2.98. The summed E-state index contributed by atoms with van der Waals surface area (Å²) in [6, 6.07) is 14.4. The molecule has 0 spiro atoms. The van der Waals surface area contributed by atoms with Gasteiger partial charge in [-0.2, -0.15) is 0 Å². The Labute approximate surface area is 180 Å². The van der Waals surface area contributed by atoms with Gasteiger partial charge in [0, 0.05) is 11.5 Å². The van der Waals surface area contributed by atoms with Gasteiger partial charge in [-0.3, -0.25) is 4.79 Å². The fourth-order valence-electron chi connectivity index (χ4n) is 2.98. The highest BCUT2D eigenvalue weighted by Gasteiger charge is 2.15. The Hall–Kier alpha value is -3.74. The van der Waals surface area contributed by atoms with Crippen LogP contribution < -0.4 is 14.8 Å². The molecular formula is C24H25NO6. The lowest BCUT2D eigenvalue weighted by molar-refractivity contribution is -0.144. The Morgan fingerprint density at radius 2 is 1.94 bits per heavy atom. The van der Waals surface area contributed by atoms with Crippen molar-refractivity contribution in [1.82, 2.24) is 5.32 Å². The number of hydrogen-bond acceptors (Lipinski definition) is 6. The molecule has 0 radical (unpaired) electrons. The second kappa shape index (κ2) is 10.3. The lowest BCUT2D eigenvalue weighted by atomic mass is 10.2. The second-order valence-corrected chi connectivity index (χ2v) is 6.76. The number of ether oxygens (including phenoxy) is 3. The number of amides is 1. The summed E-state index contributed by atoms with van der Waals surface area (Å²) >= 11 is 0. The number of nitrogens with one attached hydrogen (secondary N) is 1. The van der Waals surface area contributed by atoms with Gasteiger partial charge in [0.05, 0.1) is 19.8 Å². The summed E-state index contributed by atoms with van der Waals surface area (Å²) in [5, 5.41) is 3.71. The van der Waals surface area contributed by atoms with Gasteiger partial charge in [0.1, 0.15) is 11.3 Å². The molecule has 31 heavy (non-hydrogen) atoms. The van der Waals surface area contributed by atoms with E-state index >= 15 is 0 Å². The Bertz CT molecular complexity index is 1050. The first-order valence-corrected chi connectivity index (χ1v) is 9.93. The molecular weight excluding hydrogens is 398 g/mol. The number of carbonyl (C=O) groups is 2. The maximum absolute atomic E-state index is 12.1. The van der Waals surface area contributed by atoms with Crippen LogP contribution in [-0.2, 0) is 14.3 Å². The third-order valence-electron chi connectivity index (χ3n) is 4.49. The highest BCUT2D eigenvalue weighted by atomic mass is 16.5. The van der Waals surface area contributed by atoms with Crippen LogP contribution in [0.5, 0.6) is 11.5 Å². The van der Waals surface area contributed by atoms with Crippen molar-refractivity contribution in [2.75, 3.05) is 20.3 Å². The zero-order valence-electron chi connectivity index (χ0n) is 17.7. The monoisotopic (exact) mass is 423 g/mol. The van der Waals surface area contributed by atoms with E-state index < -0.39 is 11.9 Å². The summed E-state index contributed by atoms with van der Waals surface area (Å²) in [6.45, 7) is 3.82. The van der Waals surface area contributed by atoms with Crippen molar-refractivity contribution >= 4 is 28.9 Å². The smallest absolute Gasteiger partial charge is 0.331 e. The van der Waals surface area contributed by atoms with Gasteiger partial charge in [-0.1, -0.05) is 24.3 Å². The molecule has 1 aromatic heterocycles. The van der Waals surface area contributed by atoms with Gasteiger partial charge in [0.2, 0.25) is 0 Å². The number of methoxy groups -OCH3 is 1. The zero-order valence-corrected chi connectivity index (χ0v) is 17.7. The standard InChI is InChI=1S/C24H25NO6/c1-4-29-20-11-9-17(13-22(20)28-3)10-12-24(27)30-15-23(26)25-16(2)21-14-18-7-5-6-8-19(18)31-21/h5-14,16H,4,15H2,1-3H3,(H,25,26)/b12-10+/t16-/m0/s1. The third kappa shape index (κ3) is 5.88. The van der Waals surface area contributed by atoms with Crippen LogP contribution >= 0.6 is 0 Å². The molecule has 0 bridgehead atoms. The van der Waals surface area contributed by atoms with Crippen LogP contribution in [0, 0.1) is 0 Å². The van der Waals surface area contributed by atoms with Crippen molar-refractivity contribution < 1.29 is 28.2 Å². The molecule has 0 fully saturated rings. The normalized spacial score (nSPS) is 12.0. The van der Waals surface area contributed by atoms with Gasteiger partial charge < -0.3 is 23.9 Å². The van der Waals surface area contributed by atoms with E-state index in [1.54, 1.807) is 38.3 Å². The molecule has 7 nitrogen and oxygen atoms in total. The van der Waals surface area contributed by atoms with Crippen LogP contribution in [0.3, 0.4) is 0 Å². The Kier molecular flexibility index (Phi) is 7.32. The number of benzene rings is 2. The number of carbonyl (C=O) groups excluding carboxylic acids is 2. The molecule has 0 aliphatic carbocycles. The zero-order chi connectivity index (χ0) is 22.2. The number of hydrogen-bond donors (Lipinski definition) is 1. The molecule has 0 aliphatic rings. The van der Waals surface area contributed by atoms with Gasteiger partial charge in [-0.05, 0) is 49.8 Å². The van der Waals surface area contributed by atoms with Gasteiger partial charge >= 0.3 is 5.97 Å². The summed E-state index contributed by atoms with van der Waals surface area (Å²) in [4.78, 5) is 24.1. The van der Waals surface area contributed by atoms with Crippen LogP contribution in [0.15, 0.2) is 59.0 Å². The number of fused-ring (bicyclic) bond motifs is 1. The quantitative estimate of drug-likeness (QED) is 0.408. The van der Waals surface area contributed by atoms with E-state index in [0.717, 1.165) is 16.5 Å². The predicted molar refractivity (Wildman–Crippen MR) is 117 cm³/mol. The fraction of sp³-hybridized carbons (Fsp3) is 0.250. The first-order chi connectivity index (χ1) is 15.0. The van der Waals surface area contributed by atoms with E-state index in [-0.39, 0.29) is 12.6 Å². The molecule has 1 amide bonds. The minimum absolute atomic E-state index is 0.356. The highest BCUT2D eigenvalue weighted by Crippen LogP contribution is 2.28. The molecule has 0 unspecified atom stereocenters. The van der Waals surface area contributed by atoms with Crippen molar-refractivity contribution in [2.45, 2.75) is 19.9 Å². The van der Waals surface area contributed by atoms with E-state index in [4.69, 9.17) is 18.6 Å². The van der Waals surface area contributed by atoms with E-state index in [9.17, 15) is 9.59 Å². The van der Waals surface area contributed by atoms with Crippen molar-refractivity contribution in [2.24, 2.45) is 0 Å². The molecule has 0 aliphatic heterocycles.